The summed E-state index contributed by atoms with van der Waals surface area (Å²) in [5.41, 5.74) is 7.10. The molecule has 0 amide bonds. The number of halogens is 1. The summed E-state index contributed by atoms with van der Waals surface area (Å²) >= 11 is 6.16. The van der Waals surface area contributed by atoms with Crippen molar-refractivity contribution in [2.24, 2.45) is 0 Å². The van der Waals surface area contributed by atoms with Gasteiger partial charge in [-0.25, -0.2) is 0 Å². The van der Waals surface area contributed by atoms with Crippen LogP contribution in [0, 0.1) is 0 Å². The molecule has 0 atom stereocenters. The third kappa shape index (κ3) is 2.23. The Morgan fingerprint density at radius 3 is 2.68 bits per heavy atom. The van der Waals surface area contributed by atoms with E-state index in [0.717, 1.165) is 35.1 Å². The first-order chi connectivity index (χ1) is 12.2. The smallest absolute Gasteiger partial charge is 0.134 e. The number of nitrogens with one attached hydrogen (secondary N) is 1. The van der Waals surface area contributed by atoms with Crippen LogP contribution in [0.15, 0.2) is 42.6 Å². The SMILES string of the molecule is Oc1ccc(-c2[nH]c3ccc4nccc4c3c3c2CCCC3)cc1Cl. The van der Waals surface area contributed by atoms with Gasteiger partial charge in [-0.1, -0.05) is 11.6 Å². The van der Waals surface area contributed by atoms with Gasteiger partial charge in [-0.15, -0.1) is 0 Å². The molecule has 0 unspecified atom stereocenters. The number of hydrogen-bond acceptors (Lipinski definition) is 2. The molecule has 0 spiro atoms. The van der Waals surface area contributed by atoms with Crippen LogP contribution in [0.1, 0.15) is 24.0 Å². The number of H-pyrrole nitrogens is 1. The zero-order chi connectivity index (χ0) is 17.0. The van der Waals surface area contributed by atoms with Gasteiger partial charge in [-0.05, 0) is 78.8 Å². The van der Waals surface area contributed by atoms with Gasteiger partial charge in [-0.3, -0.25) is 4.98 Å². The summed E-state index contributed by atoms with van der Waals surface area (Å²) in [6.07, 6.45) is 6.43. The van der Waals surface area contributed by atoms with Crippen LogP contribution < -0.4 is 0 Å². The summed E-state index contributed by atoms with van der Waals surface area (Å²) in [5.74, 6) is 0.115. The number of hydrogen-bond donors (Lipinski definition) is 2. The van der Waals surface area contributed by atoms with Crippen LogP contribution in [0.2, 0.25) is 5.02 Å². The summed E-state index contributed by atoms with van der Waals surface area (Å²) in [4.78, 5) is 8.09. The van der Waals surface area contributed by atoms with E-state index in [1.807, 2.05) is 18.3 Å². The van der Waals surface area contributed by atoms with E-state index in [1.165, 1.54) is 34.7 Å². The van der Waals surface area contributed by atoms with E-state index in [2.05, 4.69) is 28.2 Å². The Labute approximate surface area is 150 Å². The van der Waals surface area contributed by atoms with Gasteiger partial charge in [0, 0.05) is 28.2 Å². The van der Waals surface area contributed by atoms with Crippen molar-refractivity contribution in [1.29, 1.82) is 0 Å². The molecule has 2 heterocycles. The van der Waals surface area contributed by atoms with Gasteiger partial charge in [0.1, 0.15) is 5.75 Å². The fraction of sp³-hybridized carbons (Fsp3) is 0.190. The van der Waals surface area contributed by atoms with E-state index in [9.17, 15) is 5.11 Å². The number of benzene rings is 2. The standard InChI is InChI=1S/C21H17ClN2O/c22-16-11-12(5-8-19(16)25)21-14-4-2-1-3-13(14)20-15-9-10-23-17(15)6-7-18(20)24-21/h5-11,24-25H,1-4H2. The van der Waals surface area contributed by atoms with Crippen LogP contribution in [0.5, 0.6) is 5.75 Å². The third-order valence-electron chi connectivity index (χ3n) is 5.24. The second kappa shape index (κ2) is 5.50. The van der Waals surface area contributed by atoms with Gasteiger partial charge >= 0.3 is 0 Å². The van der Waals surface area contributed by atoms with E-state index in [1.54, 1.807) is 6.07 Å². The monoisotopic (exact) mass is 348 g/mol. The zero-order valence-corrected chi connectivity index (χ0v) is 14.4. The molecule has 0 saturated carbocycles. The van der Waals surface area contributed by atoms with Gasteiger partial charge in [0.15, 0.2) is 0 Å². The lowest BCUT2D eigenvalue weighted by molar-refractivity contribution is 0.475. The van der Waals surface area contributed by atoms with E-state index in [-0.39, 0.29) is 5.75 Å². The minimum Gasteiger partial charge on any atom is -0.506 e. The fourth-order valence-electron chi connectivity index (χ4n) is 4.09. The quantitative estimate of drug-likeness (QED) is 0.469. The first-order valence-electron chi connectivity index (χ1n) is 8.62. The molecule has 1 aliphatic rings. The highest BCUT2D eigenvalue weighted by atomic mass is 35.5. The lowest BCUT2D eigenvalue weighted by atomic mass is 9.85. The zero-order valence-electron chi connectivity index (χ0n) is 13.6. The highest BCUT2D eigenvalue weighted by Gasteiger charge is 2.20. The molecule has 3 nitrogen and oxygen atoms in total. The summed E-state index contributed by atoms with van der Waals surface area (Å²) in [6.45, 7) is 0. The largest absolute Gasteiger partial charge is 0.506 e. The van der Waals surface area contributed by atoms with Gasteiger partial charge in [0.25, 0.3) is 0 Å². The molecule has 5 rings (SSSR count). The van der Waals surface area contributed by atoms with Crippen LogP contribution in [0.25, 0.3) is 33.1 Å². The maximum atomic E-state index is 9.75. The first-order valence-corrected chi connectivity index (χ1v) is 9.00. The summed E-state index contributed by atoms with van der Waals surface area (Å²) in [7, 11) is 0. The van der Waals surface area contributed by atoms with Crippen molar-refractivity contribution in [3.05, 3.63) is 58.7 Å². The van der Waals surface area contributed by atoms with Crippen molar-refractivity contribution in [1.82, 2.24) is 9.97 Å². The van der Waals surface area contributed by atoms with Crippen LogP contribution in [0.3, 0.4) is 0 Å². The average Bonchev–Trinajstić information content (AvgIpc) is 3.12. The lowest BCUT2D eigenvalue weighted by Crippen LogP contribution is -2.07. The van der Waals surface area contributed by atoms with Crippen molar-refractivity contribution in [3.63, 3.8) is 0 Å². The summed E-state index contributed by atoms with van der Waals surface area (Å²) in [6, 6.07) is 11.7. The fourth-order valence-corrected chi connectivity index (χ4v) is 4.27. The van der Waals surface area contributed by atoms with Crippen LogP contribution in [-0.2, 0) is 12.8 Å². The highest BCUT2D eigenvalue weighted by molar-refractivity contribution is 6.32. The lowest BCUT2D eigenvalue weighted by Gasteiger charge is -2.23. The Bertz CT molecular complexity index is 1130. The summed E-state index contributed by atoms with van der Waals surface area (Å²) in [5, 5.41) is 12.7. The average molecular weight is 349 g/mol. The molecule has 2 aromatic heterocycles. The number of nitrogens with zero attached hydrogens (tertiary/aromatic N) is 1. The Hall–Kier alpha value is -2.52. The van der Waals surface area contributed by atoms with Gasteiger partial charge in [0.2, 0.25) is 0 Å². The first kappa shape index (κ1) is 14.8. The predicted octanol–water partition coefficient (Wildman–Crippen LogP) is 5.62. The molecule has 2 aromatic carbocycles. The van der Waals surface area contributed by atoms with Gasteiger partial charge in [0.05, 0.1) is 10.5 Å². The minimum absolute atomic E-state index is 0.115. The van der Waals surface area contributed by atoms with Crippen molar-refractivity contribution < 1.29 is 5.11 Å². The van der Waals surface area contributed by atoms with E-state index >= 15 is 0 Å². The number of aryl methyl sites for hydroxylation is 1. The molecule has 124 valence electrons. The Morgan fingerprint density at radius 2 is 1.84 bits per heavy atom. The molecular weight excluding hydrogens is 332 g/mol. The van der Waals surface area contributed by atoms with Crippen molar-refractivity contribution >= 4 is 33.4 Å². The molecule has 1 aliphatic carbocycles. The number of rotatable bonds is 1. The van der Waals surface area contributed by atoms with Crippen LogP contribution in [-0.4, -0.2) is 15.1 Å². The maximum Gasteiger partial charge on any atom is 0.134 e. The number of phenolic OH excluding ortho intramolecular Hbond substituents is 1. The molecule has 0 radical (unpaired) electrons. The molecule has 0 fully saturated rings. The van der Waals surface area contributed by atoms with Gasteiger partial charge < -0.3 is 10.1 Å². The molecule has 4 heteroatoms. The number of fused-ring (bicyclic) bond motifs is 5. The van der Waals surface area contributed by atoms with Crippen molar-refractivity contribution in [2.45, 2.75) is 25.7 Å². The molecule has 4 aromatic rings. The predicted molar refractivity (Wildman–Crippen MR) is 102 cm³/mol. The Morgan fingerprint density at radius 1 is 1.00 bits per heavy atom. The molecule has 2 N–H and O–H groups in total. The highest BCUT2D eigenvalue weighted by Crippen LogP contribution is 2.39. The van der Waals surface area contributed by atoms with Crippen LogP contribution in [0.4, 0.5) is 0 Å². The molecule has 0 aliphatic heterocycles. The number of pyridine rings is 1. The van der Waals surface area contributed by atoms with Crippen LogP contribution >= 0.6 is 11.6 Å². The Balaban J connectivity index is 1.88. The second-order valence-electron chi connectivity index (χ2n) is 6.70. The molecule has 0 bridgehead atoms. The minimum atomic E-state index is 0.115. The van der Waals surface area contributed by atoms with E-state index in [0.29, 0.717) is 5.02 Å². The summed E-state index contributed by atoms with van der Waals surface area (Å²) < 4.78 is 0. The van der Waals surface area contributed by atoms with E-state index < -0.39 is 0 Å². The number of aromatic nitrogens is 2. The van der Waals surface area contributed by atoms with Crippen molar-refractivity contribution in [3.8, 4) is 17.0 Å². The van der Waals surface area contributed by atoms with Crippen molar-refractivity contribution in [2.75, 3.05) is 0 Å². The molecule has 25 heavy (non-hydrogen) atoms. The number of phenols is 1. The molecule has 0 saturated heterocycles. The molecular formula is C21H17ClN2O. The van der Waals surface area contributed by atoms with Gasteiger partial charge in [-0.2, -0.15) is 0 Å². The normalized spacial score (nSPS) is 14.1. The second-order valence-corrected chi connectivity index (χ2v) is 7.10. The maximum absolute atomic E-state index is 9.75. The van der Waals surface area contributed by atoms with E-state index in [4.69, 9.17) is 11.6 Å². The number of aromatic amines is 1. The third-order valence-corrected chi connectivity index (χ3v) is 5.55. The Kier molecular flexibility index (Phi) is 3.25. The number of aromatic hydroxyl groups is 1. The topological polar surface area (TPSA) is 48.9 Å².